The lowest BCUT2D eigenvalue weighted by atomic mass is 10.2. The maximum Gasteiger partial charge on any atom is 0.273 e. The molecule has 1 amide bonds. The number of carbonyl (C=O) groups is 1. The van der Waals surface area contributed by atoms with Crippen molar-refractivity contribution in [2.24, 2.45) is 0 Å². The van der Waals surface area contributed by atoms with Crippen LogP contribution in [0, 0.1) is 0 Å². The molecular weight excluding hydrogens is 230 g/mol. The first kappa shape index (κ1) is 12.8. The summed E-state index contributed by atoms with van der Waals surface area (Å²) in [6.45, 7) is 4.92. The number of nitrogens with zero attached hydrogens (tertiary/aromatic N) is 4. The average molecular weight is 249 g/mol. The topological polar surface area (TPSA) is 61.4 Å². The molecule has 0 saturated carbocycles. The number of amides is 1. The molecule has 1 fully saturated rings. The average Bonchev–Trinajstić information content (AvgIpc) is 2.38. The van der Waals surface area contributed by atoms with E-state index in [9.17, 15) is 4.79 Å². The van der Waals surface area contributed by atoms with E-state index in [0.717, 1.165) is 25.5 Å². The van der Waals surface area contributed by atoms with Crippen molar-refractivity contribution in [2.45, 2.75) is 13.0 Å². The second-order valence-corrected chi connectivity index (χ2v) is 4.78. The molecule has 6 heteroatoms. The van der Waals surface area contributed by atoms with E-state index < -0.39 is 0 Å². The molecule has 1 aliphatic heterocycles. The summed E-state index contributed by atoms with van der Waals surface area (Å²) in [6, 6.07) is 4.04. The van der Waals surface area contributed by atoms with Gasteiger partial charge in [-0.1, -0.05) is 0 Å². The standard InChI is InChI=1S/C12H19N5O/c1-9-8-17(7-6-13-9)11-5-4-10(14-15-11)12(18)16(2)3/h4-5,9,13H,6-8H2,1-3H3/t9-/m1/s1. The van der Waals surface area contributed by atoms with Gasteiger partial charge in [0.25, 0.3) is 5.91 Å². The van der Waals surface area contributed by atoms with Gasteiger partial charge in [0.2, 0.25) is 0 Å². The van der Waals surface area contributed by atoms with E-state index in [1.807, 2.05) is 6.07 Å². The van der Waals surface area contributed by atoms with Gasteiger partial charge in [0.05, 0.1) is 0 Å². The highest BCUT2D eigenvalue weighted by molar-refractivity contribution is 5.91. The van der Waals surface area contributed by atoms with E-state index in [0.29, 0.717) is 11.7 Å². The lowest BCUT2D eigenvalue weighted by molar-refractivity contribution is 0.0821. The Labute approximate surface area is 107 Å². The fourth-order valence-corrected chi connectivity index (χ4v) is 1.98. The maximum atomic E-state index is 11.7. The van der Waals surface area contributed by atoms with E-state index in [-0.39, 0.29) is 5.91 Å². The molecule has 0 aliphatic carbocycles. The summed E-state index contributed by atoms with van der Waals surface area (Å²) in [5, 5.41) is 11.5. The molecule has 98 valence electrons. The summed E-state index contributed by atoms with van der Waals surface area (Å²) in [7, 11) is 3.41. The predicted molar refractivity (Wildman–Crippen MR) is 69.7 cm³/mol. The summed E-state index contributed by atoms with van der Waals surface area (Å²) in [4.78, 5) is 15.4. The zero-order valence-corrected chi connectivity index (χ0v) is 11.1. The minimum atomic E-state index is -0.122. The van der Waals surface area contributed by atoms with Crippen LogP contribution in [-0.4, -0.2) is 60.8 Å². The first-order valence-corrected chi connectivity index (χ1v) is 6.11. The van der Waals surface area contributed by atoms with Crippen molar-refractivity contribution < 1.29 is 4.79 Å². The third kappa shape index (κ3) is 2.76. The van der Waals surface area contributed by atoms with Crippen LogP contribution in [0.25, 0.3) is 0 Å². The van der Waals surface area contributed by atoms with Crippen LogP contribution in [0.1, 0.15) is 17.4 Å². The van der Waals surface area contributed by atoms with Gasteiger partial charge >= 0.3 is 0 Å². The number of aromatic nitrogens is 2. The Morgan fingerprint density at radius 1 is 1.44 bits per heavy atom. The fraction of sp³-hybridized carbons (Fsp3) is 0.583. The smallest absolute Gasteiger partial charge is 0.273 e. The number of hydrogen-bond donors (Lipinski definition) is 1. The molecule has 0 spiro atoms. The summed E-state index contributed by atoms with van der Waals surface area (Å²) in [6.07, 6.45) is 0. The van der Waals surface area contributed by atoms with Crippen LogP contribution in [0.15, 0.2) is 12.1 Å². The minimum Gasteiger partial charge on any atom is -0.352 e. The third-order valence-corrected chi connectivity index (χ3v) is 2.97. The summed E-state index contributed by atoms with van der Waals surface area (Å²) in [5.74, 6) is 0.710. The molecule has 1 atom stereocenters. The zero-order valence-electron chi connectivity index (χ0n) is 11.1. The molecule has 0 aromatic carbocycles. The Kier molecular flexibility index (Phi) is 3.76. The van der Waals surface area contributed by atoms with Crippen LogP contribution in [-0.2, 0) is 0 Å². The highest BCUT2D eigenvalue weighted by Crippen LogP contribution is 2.12. The Morgan fingerprint density at radius 3 is 2.78 bits per heavy atom. The van der Waals surface area contributed by atoms with Gasteiger partial charge in [-0.3, -0.25) is 4.79 Å². The van der Waals surface area contributed by atoms with Crippen molar-refractivity contribution in [1.82, 2.24) is 20.4 Å². The van der Waals surface area contributed by atoms with Crippen molar-refractivity contribution >= 4 is 11.7 Å². The lowest BCUT2D eigenvalue weighted by Gasteiger charge is -2.32. The molecule has 1 aromatic rings. The normalized spacial score (nSPS) is 19.7. The van der Waals surface area contributed by atoms with E-state index in [1.54, 1.807) is 20.2 Å². The van der Waals surface area contributed by atoms with Crippen LogP contribution < -0.4 is 10.2 Å². The van der Waals surface area contributed by atoms with E-state index >= 15 is 0 Å². The first-order chi connectivity index (χ1) is 8.58. The zero-order chi connectivity index (χ0) is 13.1. The van der Waals surface area contributed by atoms with Gasteiger partial charge in [-0.25, -0.2) is 0 Å². The molecule has 6 nitrogen and oxygen atoms in total. The van der Waals surface area contributed by atoms with Gasteiger partial charge in [0, 0.05) is 39.8 Å². The second kappa shape index (κ2) is 5.30. The Hall–Kier alpha value is -1.69. The maximum absolute atomic E-state index is 11.7. The fourth-order valence-electron chi connectivity index (χ4n) is 1.98. The number of nitrogens with one attached hydrogen (secondary N) is 1. The van der Waals surface area contributed by atoms with Gasteiger partial charge < -0.3 is 15.1 Å². The highest BCUT2D eigenvalue weighted by atomic mass is 16.2. The highest BCUT2D eigenvalue weighted by Gasteiger charge is 2.18. The predicted octanol–water partition coefficient (Wildman–Crippen LogP) is -0.0235. The summed E-state index contributed by atoms with van der Waals surface area (Å²) >= 11 is 0. The third-order valence-electron chi connectivity index (χ3n) is 2.97. The molecule has 1 N–H and O–H groups in total. The van der Waals surface area contributed by atoms with Crippen molar-refractivity contribution in [3.63, 3.8) is 0 Å². The molecule has 1 aliphatic rings. The van der Waals surface area contributed by atoms with Gasteiger partial charge in [0.1, 0.15) is 0 Å². The van der Waals surface area contributed by atoms with Crippen LogP contribution in [0.5, 0.6) is 0 Å². The number of rotatable bonds is 2. The van der Waals surface area contributed by atoms with E-state index in [4.69, 9.17) is 0 Å². The quantitative estimate of drug-likeness (QED) is 0.798. The molecule has 0 unspecified atom stereocenters. The molecule has 0 radical (unpaired) electrons. The first-order valence-electron chi connectivity index (χ1n) is 6.11. The number of hydrogen-bond acceptors (Lipinski definition) is 5. The molecule has 2 rings (SSSR count). The lowest BCUT2D eigenvalue weighted by Crippen LogP contribution is -2.49. The van der Waals surface area contributed by atoms with Crippen molar-refractivity contribution in [2.75, 3.05) is 38.6 Å². The monoisotopic (exact) mass is 249 g/mol. The van der Waals surface area contributed by atoms with Gasteiger partial charge in [-0.05, 0) is 19.1 Å². The Morgan fingerprint density at radius 2 is 2.22 bits per heavy atom. The van der Waals surface area contributed by atoms with Crippen LogP contribution >= 0.6 is 0 Å². The summed E-state index contributed by atoms with van der Waals surface area (Å²) in [5.41, 5.74) is 0.381. The van der Waals surface area contributed by atoms with Crippen molar-refractivity contribution in [3.8, 4) is 0 Å². The number of anilines is 1. The van der Waals surface area contributed by atoms with Gasteiger partial charge in [-0.15, -0.1) is 10.2 Å². The van der Waals surface area contributed by atoms with Crippen molar-refractivity contribution in [1.29, 1.82) is 0 Å². The van der Waals surface area contributed by atoms with Gasteiger partial charge in [-0.2, -0.15) is 0 Å². The molecule has 1 aromatic heterocycles. The number of piperazine rings is 1. The van der Waals surface area contributed by atoms with Crippen molar-refractivity contribution in [3.05, 3.63) is 17.8 Å². The van der Waals surface area contributed by atoms with E-state index in [1.165, 1.54) is 4.90 Å². The molecular formula is C12H19N5O. The minimum absolute atomic E-state index is 0.122. The summed E-state index contributed by atoms with van der Waals surface area (Å²) < 4.78 is 0. The van der Waals surface area contributed by atoms with Gasteiger partial charge in [0.15, 0.2) is 11.5 Å². The Bertz CT molecular complexity index is 417. The largest absolute Gasteiger partial charge is 0.352 e. The SMILES string of the molecule is C[C@@H]1CN(c2ccc(C(=O)N(C)C)nn2)CCN1. The molecule has 2 heterocycles. The van der Waals surface area contributed by atoms with Crippen LogP contribution in [0.4, 0.5) is 5.82 Å². The van der Waals surface area contributed by atoms with Crippen LogP contribution in [0.2, 0.25) is 0 Å². The molecule has 0 bridgehead atoms. The van der Waals surface area contributed by atoms with E-state index in [2.05, 4.69) is 27.3 Å². The Balaban J connectivity index is 2.10. The molecule has 1 saturated heterocycles. The molecule has 18 heavy (non-hydrogen) atoms. The van der Waals surface area contributed by atoms with Crippen LogP contribution in [0.3, 0.4) is 0 Å². The number of carbonyl (C=O) groups excluding carboxylic acids is 1. The second-order valence-electron chi connectivity index (χ2n) is 4.78.